The minimum atomic E-state index is -4.06. The molecule has 5 rings (SSSR count). The predicted octanol–water partition coefficient (Wildman–Crippen LogP) is 2.77. The minimum Gasteiger partial charge on any atom is -0.493 e. The van der Waals surface area contributed by atoms with Gasteiger partial charge < -0.3 is 20.7 Å². The number of ether oxygens (including phenoxy) is 1. The van der Waals surface area contributed by atoms with Crippen LogP contribution in [0.2, 0.25) is 0 Å². The summed E-state index contributed by atoms with van der Waals surface area (Å²) in [6, 6.07) is 7.95. The highest BCUT2D eigenvalue weighted by Gasteiger charge is 2.44. The van der Waals surface area contributed by atoms with Gasteiger partial charge in [0.15, 0.2) is 5.78 Å². The molecule has 0 radical (unpaired) electrons. The van der Waals surface area contributed by atoms with Crippen molar-refractivity contribution in [2.24, 2.45) is 17.6 Å². The standard InChI is InChI=1S/C25H24FN3O6S/c26-15-3-6-20-17(11-15)24(31)23(25(32)29(20)9-7-14-1-2-14)19-13-36(33,34)21-12-16(4-5-18(21)28-19)35-10-8-22(27)30/h3-6,11-14,23,28H,1-2,7-10H2,(H2,27,30). The van der Waals surface area contributed by atoms with Crippen molar-refractivity contribution in [3.05, 3.63) is 58.9 Å². The van der Waals surface area contributed by atoms with Gasteiger partial charge in [-0.1, -0.05) is 12.8 Å². The highest BCUT2D eigenvalue weighted by molar-refractivity contribution is 7.94. The maximum Gasteiger partial charge on any atom is 0.244 e. The van der Waals surface area contributed by atoms with Gasteiger partial charge in [-0.05, 0) is 42.7 Å². The molecule has 3 aliphatic rings. The van der Waals surface area contributed by atoms with Gasteiger partial charge in [0.05, 0.1) is 34.7 Å². The van der Waals surface area contributed by atoms with E-state index < -0.39 is 39.2 Å². The van der Waals surface area contributed by atoms with Crippen LogP contribution in [0.4, 0.5) is 15.8 Å². The molecule has 2 aromatic rings. The number of hydrogen-bond acceptors (Lipinski definition) is 7. The van der Waals surface area contributed by atoms with Gasteiger partial charge in [0, 0.05) is 23.9 Å². The fraction of sp³-hybridized carbons (Fsp3) is 0.320. The Morgan fingerprint density at radius 3 is 2.67 bits per heavy atom. The monoisotopic (exact) mass is 513 g/mol. The van der Waals surface area contributed by atoms with Gasteiger partial charge in [-0.15, -0.1) is 0 Å². The Kier molecular flexibility index (Phi) is 6.03. The summed E-state index contributed by atoms with van der Waals surface area (Å²) >= 11 is 0. The van der Waals surface area contributed by atoms with Crippen molar-refractivity contribution >= 4 is 38.8 Å². The van der Waals surface area contributed by atoms with Gasteiger partial charge >= 0.3 is 0 Å². The Hall–Kier alpha value is -3.73. The number of sulfone groups is 1. The summed E-state index contributed by atoms with van der Waals surface area (Å²) in [5.41, 5.74) is 5.55. The average Bonchev–Trinajstić information content (AvgIpc) is 3.64. The molecule has 0 saturated heterocycles. The number of rotatable bonds is 8. The van der Waals surface area contributed by atoms with E-state index in [1.54, 1.807) is 0 Å². The summed E-state index contributed by atoms with van der Waals surface area (Å²) in [6.07, 6.45) is 2.88. The first-order valence-corrected chi connectivity index (χ1v) is 13.1. The van der Waals surface area contributed by atoms with Crippen LogP contribution in [-0.4, -0.2) is 39.2 Å². The number of halogens is 1. The highest BCUT2D eigenvalue weighted by atomic mass is 32.2. The second-order valence-electron chi connectivity index (χ2n) is 9.15. The smallest absolute Gasteiger partial charge is 0.244 e. The number of fused-ring (bicyclic) bond motifs is 2. The Labute approximate surface area is 207 Å². The van der Waals surface area contributed by atoms with Crippen LogP contribution in [0.5, 0.6) is 5.75 Å². The number of Topliss-reactive ketones (excluding diaryl/α,β-unsaturated/α-hetero) is 1. The van der Waals surface area contributed by atoms with Crippen LogP contribution in [-0.2, 0) is 19.4 Å². The Balaban J connectivity index is 1.47. The number of nitrogens with zero attached hydrogens (tertiary/aromatic N) is 1. The van der Waals surface area contributed by atoms with Gasteiger partial charge in [-0.2, -0.15) is 0 Å². The second-order valence-corrected chi connectivity index (χ2v) is 10.9. The van der Waals surface area contributed by atoms with Gasteiger partial charge in [0.1, 0.15) is 17.5 Å². The molecule has 0 spiro atoms. The molecule has 0 bridgehead atoms. The molecule has 2 aliphatic heterocycles. The van der Waals surface area contributed by atoms with E-state index in [-0.39, 0.29) is 40.6 Å². The zero-order chi connectivity index (χ0) is 25.6. The normalized spacial score (nSPS) is 20.2. The van der Waals surface area contributed by atoms with E-state index in [0.29, 0.717) is 18.2 Å². The van der Waals surface area contributed by atoms with Crippen LogP contribution in [0.15, 0.2) is 52.4 Å². The van der Waals surface area contributed by atoms with Gasteiger partial charge in [0.2, 0.25) is 21.7 Å². The molecule has 1 atom stereocenters. The maximum absolute atomic E-state index is 14.1. The van der Waals surface area contributed by atoms with Gasteiger partial charge in [-0.3, -0.25) is 14.4 Å². The van der Waals surface area contributed by atoms with E-state index in [4.69, 9.17) is 10.5 Å². The number of benzene rings is 2. The van der Waals surface area contributed by atoms with E-state index >= 15 is 0 Å². The molecule has 2 heterocycles. The Morgan fingerprint density at radius 1 is 1.17 bits per heavy atom. The second kappa shape index (κ2) is 9.05. The topological polar surface area (TPSA) is 136 Å². The lowest BCUT2D eigenvalue weighted by atomic mass is 9.87. The summed E-state index contributed by atoms with van der Waals surface area (Å²) in [5.74, 6) is -3.11. The van der Waals surface area contributed by atoms with Gasteiger partial charge in [0.25, 0.3) is 0 Å². The van der Waals surface area contributed by atoms with Crippen molar-refractivity contribution in [3.63, 3.8) is 0 Å². The summed E-state index contributed by atoms with van der Waals surface area (Å²) in [5, 5.41) is 3.79. The zero-order valence-corrected chi connectivity index (χ0v) is 20.0. The summed E-state index contributed by atoms with van der Waals surface area (Å²) in [7, 11) is -4.06. The molecule has 1 saturated carbocycles. The molecule has 11 heteroatoms. The fourth-order valence-corrected chi connectivity index (χ4v) is 5.82. The van der Waals surface area contributed by atoms with Crippen LogP contribution < -0.4 is 20.7 Å². The van der Waals surface area contributed by atoms with E-state index in [1.165, 1.54) is 35.2 Å². The third-order valence-electron chi connectivity index (χ3n) is 6.50. The predicted molar refractivity (Wildman–Crippen MR) is 129 cm³/mol. The SMILES string of the molecule is NC(=O)CCOc1ccc2c(c1)S(=O)(=O)C=C(C1C(=O)c3cc(F)ccc3N(CCC3CC3)C1=O)N2. The quantitative estimate of drug-likeness (QED) is 0.518. The van der Waals surface area contributed by atoms with Crippen molar-refractivity contribution in [3.8, 4) is 5.75 Å². The van der Waals surface area contributed by atoms with Crippen molar-refractivity contribution in [2.45, 2.75) is 30.6 Å². The van der Waals surface area contributed by atoms with E-state index in [0.717, 1.165) is 30.7 Å². The Morgan fingerprint density at radius 2 is 1.94 bits per heavy atom. The molecule has 1 aliphatic carbocycles. The third kappa shape index (κ3) is 4.58. The van der Waals surface area contributed by atoms with Crippen molar-refractivity contribution in [1.29, 1.82) is 0 Å². The van der Waals surface area contributed by atoms with Crippen molar-refractivity contribution in [2.75, 3.05) is 23.4 Å². The fourth-order valence-electron chi connectivity index (χ4n) is 4.46. The number of hydrogen-bond donors (Lipinski definition) is 2. The zero-order valence-electron chi connectivity index (χ0n) is 19.2. The van der Waals surface area contributed by atoms with Crippen LogP contribution >= 0.6 is 0 Å². The van der Waals surface area contributed by atoms with Gasteiger partial charge in [-0.25, -0.2) is 12.8 Å². The summed E-state index contributed by atoms with van der Waals surface area (Å²) in [6.45, 7) is 0.342. The average molecular weight is 514 g/mol. The molecular formula is C25H24FN3O6S. The molecule has 9 nitrogen and oxygen atoms in total. The number of carbonyl (C=O) groups excluding carboxylic acids is 3. The minimum absolute atomic E-state index is 0.0135. The first-order valence-electron chi connectivity index (χ1n) is 11.6. The molecule has 2 aromatic carbocycles. The number of primary amides is 1. The lowest BCUT2D eigenvalue weighted by molar-refractivity contribution is -0.120. The first kappa shape index (κ1) is 24.0. The third-order valence-corrected chi connectivity index (χ3v) is 8.01. The Bertz CT molecular complexity index is 1420. The van der Waals surface area contributed by atoms with Crippen LogP contribution in [0.25, 0.3) is 0 Å². The number of amides is 2. The van der Waals surface area contributed by atoms with Crippen LogP contribution in [0.3, 0.4) is 0 Å². The summed E-state index contributed by atoms with van der Waals surface area (Å²) < 4.78 is 45.7. The summed E-state index contributed by atoms with van der Waals surface area (Å²) in [4.78, 5) is 39.2. The number of nitrogens with two attached hydrogens (primary N) is 1. The number of anilines is 2. The van der Waals surface area contributed by atoms with E-state index in [9.17, 15) is 27.2 Å². The molecule has 1 unspecified atom stereocenters. The molecule has 3 N–H and O–H groups in total. The van der Waals surface area contributed by atoms with E-state index in [2.05, 4.69) is 5.32 Å². The molecule has 188 valence electrons. The first-order chi connectivity index (χ1) is 17.1. The molecule has 2 amide bonds. The maximum atomic E-state index is 14.1. The van der Waals surface area contributed by atoms with Crippen LogP contribution in [0.1, 0.15) is 36.0 Å². The van der Waals surface area contributed by atoms with E-state index in [1.807, 2.05) is 0 Å². The largest absolute Gasteiger partial charge is 0.493 e. The molecule has 1 fully saturated rings. The van der Waals surface area contributed by atoms with Crippen LogP contribution in [0, 0.1) is 17.7 Å². The number of ketones is 1. The number of nitrogens with one attached hydrogen (secondary N) is 1. The molecular weight excluding hydrogens is 489 g/mol. The number of carbonyl (C=O) groups is 3. The lowest BCUT2D eigenvalue weighted by Gasteiger charge is -2.35. The molecule has 0 aromatic heterocycles. The molecule has 36 heavy (non-hydrogen) atoms. The highest BCUT2D eigenvalue weighted by Crippen LogP contribution is 2.40. The van der Waals surface area contributed by atoms with Crippen molar-refractivity contribution in [1.82, 2.24) is 0 Å². The van der Waals surface area contributed by atoms with Crippen molar-refractivity contribution < 1.29 is 31.9 Å². The lowest BCUT2D eigenvalue weighted by Crippen LogP contribution is -2.47.